The Morgan fingerprint density at radius 2 is 1.80 bits per heavy atom. The van der Waals surface area contributed by atoms with Crippen molar-refractivity contribution in [1.29, 1.82) is 0 Å². The average Bonchev–Trinajstić information content (AvgIpc) is 2.41. The van der Waals surface area contributed by atoms with Gasteiger partial charge in [-0.1, -0.05) is 29.8 Å². The highest BCUT2D eigenvalue weighted by atomic mass is 35.5. The molecule has 0 bridgehead atoms. The molecule has 0 fully saturated rings. The minimum Gasteiger partial charge on any atom is -0.399 e. The quantitative estimate of drug-likeness (QED) is 0.883. The van der Waals surface area contributed by atoms with Crippen LogP contribution >= 0.6 is 11.6 Å². The molecule has 0 aromatic heterocycles. The van der Waals surface area contributed by atoms with E-state index < -0.39 is 10.0 Å². The van der Waals surface area contributed by atoms with Gasteiger partial charge < -0.3 is 5.73 Å². The van der Waals surface area contributed by atoms with E-state index in [1.165, 1.54) is 23.5 Å². The van der Waals surface area contributed by atoms with E-state index in [1.54, 1.807) is 36.4 Å². The van der Waals surface area contributed by atoms with Gasteiger partial charge in [-0.05, 0) is 35.9 Å². The Kier molecular flexibility index (Phi) is 4.32. The zero-order chi connectivity index (χ0) is 14.8. The molecule has 0 aliphatic carbocycles. The summed E-state index contributed by atoms with van der Waals surface area (Å²) in [6, 6.07) is 13.3. The first kappa shape index (κ1) is 14.8. The van der Waals surface area contributed by atoms with Gasteiger partial charge in [0.2, 0.25) is 10.0 Å². The van der Waals surface area contributed by atoms with Crippen molar-refractivity contribution >= 4 is 27.3 Å². The highest BCUT2D eigenvalue weighted by molar-refractivity contribution is 7.89. The number of nitrogen functional groups attached to an aromatic ring is 1. The summed E-state index contributed by atoms with van der Waals surface area (Å²) in [4.78, 5) is 0.189. The van der Waals surface area contributed by atoms with Crippen LogP contribution in [0.4, 0.5) is 5.69 Å². The fourth-order valence-corrected chi connectivity index (χ4v) is 3.13. The van der Waals surface area contributed by atoms with E-state index in [2.05, 4.69) is 0 Å². The van der Waals surface area contributed by atoms with Gasteiger partial charge in [-0.25, -0.2) is 8.42 Å². The number of halogens is 1. The molecule has 0 atom stereocenters. The van der Waals surface area contributed by atoms with E-state index >= 15 is 0 Å². The second-order valence-electron chi connectivity index (χ2n) is 4.46. The van der Waals surface area contributed by atoms with Crippen LogP contribution in [0.1, 0.15) is 5.56 Å². The van der Waals surface area contributed by atoms with E-state index in [0.717, 1.165) is 5.56 Å². The number of anilines is 1. The summed E-state index contributed by atoms with van der Waals surface area (Å²) >= 11 is 5.81. The first-order valence-electron chi connectivity index (χ1n) is 5.96. The number of hydrogen-bond donors (Lipinski definition) is 1. The van der Waals surface area contributed by atoms with Crippen molar-refractivity contribution in [2.75, 3.05) is 12.8 Å². The lowest BCUT2D eigenvalue weighted by Gasteiger charge is -2.17. The Morgan fingerprint density at radius 3 is 2.40 bits per heavy atom. The van der Waals surface area contributed by atoms with Gasteiger partial charge in [0.1, 0.15) is 0 Å². The van der Waals surface area contributed by atoms with Gasteiger partial charge in [0.05, 0.1) is 4.90 Å². The molecule has 106 valence electrons. The van der Waals surface area contributed by atoms with Crippen LogP contribution in [0.2, 0.25) is 5.02 Å². The van der Waals surface area contributed by atoms with E-state index in [1.807, 2.05) is 0 Å². The van der Waals surface area contributed by atoms with Crippen LogP contribution in [0.25, 0.3) is 0 Å². The second-order valence-corrected chi connectivity index (χ2v) is 6.94. The molecule has 0 aliphatic heterocycles. The SMILES string of the molecule is CN(Cc1ccc(Cl)cc1)S(=O)(=O)c1cccc(N)c1. The third-order valence-corrected chi connectivity index (χ3v) is 4.94. The Bertz CT molecular complexity index is 699. The summed E-state index contributed by atoms with van der Waals surface area (Å²) in [5, 5.41) is 0.620. The predicted molar refractivity (Wildman–Crippen MR) is 81.0 cm³/mol. The summed E-state index contributed by atoms with van der Waals surface area (Å²) in [6.07, 6.45) is 0. The zero-order valence-corrected chi connectivity index (χ0v) is 12.5. The van der Waals surface area contributed by atoms with Gasteiger partial charge in [-0.2, -0.15) is 4.31 Å². The molecule has 4 nitrogen and oxygen atoms in total. The van der Waals surface area contributed by atoms with Crippen molar-refractivity contribution in [1.82, 2.24) is 4.31 Å². The minimum absolute atomic E-state index is 0.189. The average molecular weight is 311 g/mol. The molecule has 0 aliphatic rings. The predicted octanol–water partition coefficient (Wildman–Crippen LogP) is 2.74. The lowest BCUT2D eigenvalue weighted by Crippen LogP contribution is -2.26. The van der Waals surface area contributed by atoms with Crippen LogP contribution in [0, 0.1) is 0 Å². The highest BCUT2D eigenvalue weighted by Crippen LogP contribution is 2.19. The summed E-state index contributed by atoms with van der Waals surface area (Å²) in [5.41, 5.74) is 6.91. The van der Waals surface area contributed by atoms with E-state index in [-0.39, 0.29) is 11.4 Å². The molecule has 2 N–H and O–H groups in total. The van der Waals surface area contributed by atoms with E-state index in [9.17, 15) is 8.42 Å². The van der Waals surface area contributed by atoms with E-state index in [0.29, 0.717) is 10.7 Å². The third-order valence-electron chi connectivity index (χ3n) is 2.88. The summed E-state index contributed by atoms with van der Waals surface area (Å²) in [6.45, 7) is 0.272. The Balaban J connectivity index is 2.23. The first-order valence-corrected chi connectivity index (χ1v) is 7.78. The number of hydrogen-bond acceptors (Lipinski definition) is 3. The Hall–Kier alpha value is -1.56. The van der Waals surface area contributed by atoms with Gasteiger partial charge in [0.25, 0.3) is 0 Å². The second kappa shape index (κ2) is 5.83. The molecular formula is C14H15ClN2O2S. The highest BCUT2D eigenvalue weighted by Gasteiger charge is 2.20. The van der Waals surface area contributed by atoms with Crippen LogP contribution in [0.15, 0.2) is 53.4 Å². The maximum absolute atomic E-state index is 12.4. The van der Waals surface area contributed by atoms with Crippen LogP contribution < -0.4 is 5.73 Å². The molecule has 6 heteroatoms. The molecule has 0 amide bonds. The van der Waals surface area contributed by atoms with Crippen molar-refractivity contribution in [3.8, 4) is 0 Å². The molecule has 0 spiro atoms. The lowest BCUT2D eigenvalue weighted by molar-refractivity contribution is 0.467. The normalized spacial score (nSPS) is 11.8. The van der Waals surface area contributed by atoms with Crippen molar-refractivity contribution in [2.45, 2.75) is 11.4 Å². The molecule has 20 heavy (non-hydrogen) atoms. The third kappa shape index (κ3) is 3.30. The maximum atomic E-state index is 12.4. The molecule has 0 saturated heterocycles. The summed E-state index contributed by atoms with van der Waals surface area (Å²) in [7, 11) is -2.01. The molecule has 0 unspecified atom stereocenters. The largest absolute Gasteiger partial charge is 0.399 e. The molecular weight excluding hydrogens is 296 g/mol. The minimum atomic E-state index is -3.55. The van der Waals surface area contributed by atoms with Crippen LogP contribution in [0.5, 0.6) is 0 Å². The van der Waals surface area contributed by atoms with Crippen LogP contribution in [-0.2, 0) is 16.6 Å². The molecule has 0 heterocycles. The topological polar surface area (TPSA) is 63.4 Å². The number of nitrogens with two attached hydrogens (primary N) is 1. The smallest absolute Gasteiger partial charge is 0.243 e. The van der Waals surface area contributed by atoms with Crippen LogP contribution in [0.3, 0.4) is 0 Å². The number of nitrogens with zero attached hydrogens (tertiary/aromatic N) is 1. The Labute approximate surface area is 123 Å². The lowest BCUT2D eigenvalue weighted by atomic mass is 10.2. The molecule has 2 aromatic rings. The molecule has 2 aromatic carbocycles. The van der Waals surface area contributed by atoms with Crippen LogP contribution in [-0.4, -0.2) is 19.8 Å². The van der Waals surface area contributed by atoms with Gasteiger partial charge in [0, 0.05) is 24.3 Å². The monoisotopic (exact) mass is 310 g/mol. The van der Waals surface area contributed by atoms with Gasteiger partial charge in [-0.3, -0.25) is 0 Å². The van der Waals surface area contributed by atoms with Gasteiger partial charge in [-0.15, -0.1) is 0 Å². The molecule has 0 radical (unpaired) electrons. The van der Waals surface area contributed by atoms with Crippen molar-refractivity contribution in [3.63, 3.8) is 0 Å². The van der Waals surface area contributed by atoms with Gasteiger partial charge in [0.15, 0.2) is 0 Å². The first-order chi connectivity index (χ1) is 9.39. The van der Waals surface area contributed by atoms with Gasteiger partial charge >= 0.3 is 0 Å². The number of benzene rings is 2. The maximum Gasteiger partial charge on any atom is 0.243 e. The Morgan fingerprint density at radius 1 is 1.15 bits per heavy atom. The fourth-order valence-electron chi connectivity index (χ4n) is 1.79. The van der Waals surface area contributed by atoms with Crippen molar-refractivity contribution < 1.29 is 8.42 Å². The van der Waals surface area contributed by atoms with Crippen molar-refractivity contribution in [3.05, 3.63) is 59.1 Å². The summed E-state index contributed by atoms with van der Waals surface area (Å²) < 4.78 is 26.1. The standard InChI is InChI=1S/C14H15ClN2O2S/c1-17(10-11-5-7-12(15)8-6-11)20(18,19)14-4-2-3-13(16)9-14/h2-9H,10,16H2,1H3. The molecule has 2 rings (SSSR count). The van der Waals surface area contributed by atoms with Crippen molar-refractivity contribution in [2.24, 2.45) is 0 Å². The summed E-state index contributed by atoms with van der Waals surface area (Å²) in [5.74, 6) is 0. The number of rotatable bonds is 4. The fraction of sp³-hybridized carbons (Fsp3) is 0.143. The number of sulfonamides is 1. The molecule has 0 saturated carbocycles. The zero-order valence-electron chi connectivity index (χ0n) is 11.0. The van der Waals surface area contributed by atoms with E-state index in [4.69, 9.17) is 17.3 Å².